The molecule has 0 saturated carbocycles. The van der Waals surface area contributed by atoms with E-state index in [2.05, 4.69) is 17.0 Å². The van der Waals surface area contributed by atoms with Crippen molar-refractivity contribution >= 4 is 21.4 Å². The first kappa shape index (κ1) is 16.6. The van der Waals surface area contributed by atoms with Crippen LogP contribution in [0.4, 0.5) is 0 Å². The van der Waals surface area contributed by atoms with Gasteiger partial charge in [0, 0.05) is 18.0 Å². The molecule has 1 heterocycles. The SMILES string of the molecule is CCCNCc1sc(S(=O)(=O)NCC(C)C)cc1C. The summed E-state index contributed by atoms with van der Waals surface area (Å²) in [6.45, 7) is 10.2. The van der Waals surface area contributed by atoms with Crippen molar-refractivity contribution in [3.63, 3.8) is 0 Å². The van der Waals surface area contributed by atoms with Gasteiger partial charge in [0.25, 0.3) is 0 Å². The smallest absolute Gasteiger partial charge is 0.250 e. The van der Waals surface area contributed by atoms with Crippen LogP contribution in [0.25, 0.3) is 0 Å². The summed E-state index contributed by atoms with van der Waals surface area (Å²) in [5, 5.41) is 3.30. The van der Waals surface area contributed by atoms with Gasteiger partial charge in [-0.15, -0.1) is 11.3 Å². The third-order valence-corrected chi connectivity index (χ3v) is 5.79. The Bertz CT molecular complexity index is 493. The highest BCUT2D eigenvalue weighted by molar-refractivity contribution is 7.91. The van der Waals surface area contributed by atoms with E-state index in [9.17, 15) is 8.42 Å². The molecule has 0 saturated heterocycles. The van der Waals surface area contributed by atoms with E-state index in [-0.39, 0.29) is 0 Å². The summed E-state index contributed by atoms with van der Waals surface area (Å²) in [7, 11) is -3.35. The van der Waals surface area contributed by atoms with Crippen molar-refractivity contribution in [2.24, 2.45) is 5.92 Å². The first-order valence-corrected chi connectivity index (χ1v) is 8.96. The molecule has 2 N–H and O–H groups in total. The van der Waals surface area contributed by atoms with Crippen molar-refractivity contribution in [1.29, 1.82) is 0 Å². The summed E-state index contributed by atoms with van der Waals surface area (Å²) in [6, 6.07) is 1.76. The Morgan fingerprint density at radius 2 is 2.05 bits per heavy atom. The van der Waals surface area contributed by atoms with Gasteiger partial charge in [-0.3, -0.25) is 0 Å². The molecule has 0 spiro atoms. The predicted molar refractivity (Wildman–Crippen MR) is 81.1 cm³/mol. The first-order chi connectivity index (χ1) is 8.86. The summed E-state index contributed by atoms with van der Waals surface area (Å²) >= 11 is 1.36. The summed E-state index contributed by atoms with van der Waals surface area (Å²) in [4.78, 5) is 1.10. The van der Waals surface area contributed by atoms with Crippen LogP contribution in [0.15, 0.2) is 10.3 Å². The molecule has 0 aliphatic rings. The molecule has 0 aromatic carbocycles. The van der Waals surface area contributed by atoms with Crippen LogP contribution in [0, 0.1) is 12.8 Å². The van der Waals surface area contributed by atoms with Gasteiger partial charge in [0.05, 0.1) is 0 Å². The quantitative estimate of drug-likeness (QED) is 0.726. The van der Waals surface area contributed by atoms with E-state index in [1.807, 2.05) is 20.8 Å². The van der Waals surface area contributed by atoms with E-state index >= 15 is 0 Å². The van der Waals surface area contributed by atoms with Crippen molar-refractivity contribution in [2.45, 2.75) is 44.9 Å². The number of hydrogen-bond donors (Lipinski definition) is 2. The molecule has 0 radical (unpaired) electrons. The average Bonchev–Trinajstić information content (AvgIpc) is 2.70. The zero-order valence-corrected chi connectivity index (χ0v) is 13.7. The average molecular weight is 304 g/mol. The zero-order chi connectivity index (χ0) is 14.5. The summed E-state index contributed by atoms with van der Waals surface area (Å²) in [6.07, 6.45) is 1.07. The van der Waals surface area contributed by atoms with Gasteiger partial charge in [-0.2, -0.15) is 0 Å². The van der Waals surface area contributed by atoms with Crippen LogP contribution in [-0.4, -0.2) is 21.5 Å². The van der Waals surface area contributed by atoms with Crippen LogP contribution >= 0.6 is 11.3 Å². The van der Waals surface area contributed by atoms with E-state index in [4.69, 9.17) is 0 Å². The Morgan fingerprint density at radius 3 is 2.63 bits per heavy atom. The van der Waals surface area contributed by atoms with Crippen molar-refractivity contribution in [3.05, 3.63) is 16.5 Å². The second-order valence-corrected chi connectivity index (χ2v) is 8.22. The van der Waals surface area contributed by atoms with E-state index in [0.29, 0.717) is 16.7 Å². The molecule has 0 atom stereocenters. The van der Waals surface area contributed by atoms with E-state index in [1.54, 1.807) is 6.07 Å². The number of aryl methyl sites for hydroxylation is 1. The molecule has 4 nitrogen and oxygen atoms in total. The van der Waals surface area contributed by atoms with Gasteiger partial charge < -0.3 is 5.32 Å². The van der Waals surface area contributed by atoms with Crippen LogP contribution in [0.1, 0.15) is 37.6 Å². The fourth-order valence-electron chi connectivity index (χ4n) is 1.52. The molecule has 6 heteroatoms. The monoisotopic (exact) mass is 304 g/mol. The molecule has 19 heavy (non-hydrogen) atoms. The highest BCUT2D eigenvalue weighted by Gasteiger charge is 2.18. The summed E-state index contributed by atoms with van der Waals surface area (Å²) < 4.78 is 27.3. The maximum absolute atomic E-state index is 12.1. The third kappa shape index (κ3) is 5.22. The van der Waals surface area contributed by atoms with Gasteiger partial charge in [0.1, 0.15) is 4.21 Å². The van der Waals surface area contributed by atoms with Gasteiger partial charge in [0.15, 0.2) is 0 Å². The second-order valence-electron chi connectivity index (χ2n) is 5.09. The van der Waals surface area contributed by atoms with Crippen LogP contribution in [0.5, 0.6) is 0 Å². The predicted octanol–water partition coefficient (Wildman–Crippen LogP) is 2.49. The molecule has 0 amide bonds. The van der Waals surface area contributed by atoms with E-state index in [1.165, 1.54) is 11.3 Å². The molecular weight excluding hydrogens is 280 g/mol. The van der Waals surface area contributed by atoms with Gasteiger partial charge in [-0.05, 0) is 37.4 Å². The van der Waals surface area contributed by atoms with Crippen LogP contribution < -0.4 is 10.0 Å². The Labute approximate surface area is 120 Å². The lowest BCUT2D eigenvalue weighted by Crippen LogP contribution is -2.26. The second kappa shape index (κ2) is 7.38. The molecule has 0 aliphatic heterocycles. The van der Waals surface area contributed by atoms with Gasteiger partial charge in [0.2, 0.25) is 10.0 Å². The van der Waals surface area contributed by atoms with Gasteiger partial charge >= 0.3 is 0 Å². The number of hydrogen-bond acceptors (Lipinski definition) is 4. The molecule has 1 aromatic rings. The van der Waals surface area contributed by atoms with Gasteiger partial charge in [-0.1, -0.05) is 20.8 Å². The maximum atomic E-state index is 12.1. The zero-order valence-electron chi connectivity index (χ0n) is 12.1. The van der Waals surface area contributed by atoms with Crippen LogP contribution in [0.2, 0.25) is 0 Å². The minimum atomic E-state index is -3.35. The number of nitrogens with one attached hydrogen (secondary N) is 2. The van der Waals surface area contributed by atoms with Crippen molar-refractivity contribution in [3.8, 4) is 0 Å². The Hall–Kier alpha value is -0.430. The molecular formula is C13H24N2O2S2. The maximum Gasteiger partial charge on any atom is 0.250 e. The topological polar surface area (TPSA) is 58.2 Å². The number of sulfonamides is 1. The lowest BCUT2D eigenvalue weighted by Gasteiger charge is -2.06. The van der Waals surface area contributed by atoms with E-state index in [0.717, 1.165) is 30.0 Å². The Balaban J connectivity index is 2.76. The third-order valence-electron chi connectivity index (χ3n) is 2.66. The van der Waals surface area contributed by atoms with Crippen molar-refractivity contribution in [2.75, 3.05) is 13.1 Å². The van der Waals surface area contributed by atoms with Gasteiger partial charge in [-0.25, -0.2) is 13.1 Å². The molecule has 0 unspecified atom stereocenters. The van der Waals surface area contributed by atoms with Crippen molar-refractivity contribution < 1.29 is 8.42 Å². The first-order valence-electron chi connectivity index (χ1n) is 6.66. The summed E-state index contributed by atoms with van der Waals surface area (Å²) in [5.74, 6) is 0.307. The minimum absolute atomic E-state index is 0.307. The normalized spacial score (nSPS) is 12.3. The van der Waals surface area contributed by atoms with Crippen LogP contribution in [0.3, 0.4) is 0 Å². The molecule has 0 fully saturated rings. The highest BCUT2D eigenvalue weighted by atomic mass is 32.2. The van der Waals surface area contributed by atoms with E-state index < -0.39 is 10.0 Å². The molecule has 1 rings (SSSR count). The largest absolute Gasteiger partial charge is 0.312 e. The molecule has 0 bridgehead atoms. The number of thiophene rings is 1. The standard InChI is InChI=1S/C13H24N2O2S2/c1-5-6-14-9-12-11(4)7-13(18-12)19(16,17)15-8-10(2)3/h7,10,14-15H,5-6,8-9H2,1-4H3. The lowest BCUT2D eigenvalue weighted by molar-refractivity contribution is 0.562. The Morgan fingerprint density at radius 1 is 1.37 bits per heavy atom. The molecule has 1 aromatic heterocycles. The fraction of sp³-hybridized carbons (Fsp3) is 0.692. The van der Waals surface area contributed by atoms with Crippen LogP contribution in [-0.2, 0) is 16.6 Å². The highest BCUT2D eigenvalue weighted by Crippen LogP contribution is 2.25. The fourth-order valence-corrected chi connectivity index (χ4v) is 4.34. The number of rotatable bonds is 8. The molecule has 110 valence electrons. The Kier molecular flexibility index (Phi) is 6.46. The molecule has 0 aliphatic carbocycles. The lowest BCUT2D eigenvalue weighted by atomic mass is 10.2. The van der Waals surface area contributed by atoms with Crippen molar-refractivity contribution in [1.82, 2.24) is 10.0 Å². The summed E-state index contributed by atoms with van der Waals surface area (Å²) in [5.41, 5.74) is 1.04. The minimum Gasteiger partial charge on any atom is -0.312 e.